The van der Waals surface area contributed by atoms with Crippen LogP contribution in [0.25, 0.3) is 0 Å². The highest BCUT2D eigenvalue weighted by Crippen LogP contribution is 2.25. The zero-order valence-corrected chi connectivity index (χ0v) is 9.74. The van der Waals surface area contributed by atoms with Crippen LogP contribution in [0.5, 0.6) is 0 Å². The predicted molar refractivity (Wildman–Crippen MR) is 59.0 cm³/mol. The van der Waals surface area contributed by atoms with E-state index in [0.717, 1.165) is 23.0 Å². The minimum atomic E-state index is 0.000833. The number of ether oxygens (including phenoxy) is 1. The van der Waals surface area contributed by atoms with Crippen LogP contribution in [-0.4, -0.2) is 24.8 Å². The topological polar surface area (TPSA) is 38.3 Å². The molecule has 3 nitrogen and oxygen atoms in total. The zero-order chi connectivity index (χ0) is 10.6. The van der Waals surface area contributed by atoms with E-state index in [-0.39, 0.29) is 5.91 Å². The van der Waals surface area contributed by atoms with Gasteiger partial charge in [0.05, 0.1) is 6.61 Å². The molecule has 80 valence electrons. The first-order valence-electron chi connectivity index (χ1n) is 4.86. The van der Waals surface area contributed by atoms with Gasteiger partial charge in [-0.2, -0.15) is 0 Å². The molecule has 0 aromatic heterocycles. The molecule has 0 radical (unpaired) electrons. The summed E-state index contributed by atoms with van der Waals surface area (Å²) in [7, 11) is 0. The molecular formula is C10H17NO2S. The molecule has 1 heterocycles. The van der Waals surface area contributed by atoms with E-state index >= 15 is 0 Å². The van der Waals surface area contributed by atoms with Crippen LogP contribution in [0.2, 0.25) is 0 Å². The average Bonchev–Trinajstić information content (AvgIpc) is 2.15. The van der Waals surface area contributed by atoms with Crippen molar-refractivity contribution in [2.45, 2.75) is 20.8 Å². The summed E-state index contributed by atoms with van der Waals surface area (Å²) in [5.74, 6) is 2.10. The molecule has 0 aliphatic carbocycles. The fourth-order valence-electron chi connectivity index (χ4n) is 1.11. The lowest BCUT2D eigenvalue weighted by Crippen LogP contribution is -2.29. The molecular weight excluding hydrogens is 198 g/mol. The number of rotatable bonds is 3. The Kier molecular flexibility index (Phi) is 4.32. The summed E-state index contributed by atoms with van der Waals surface area (Å²) in [6, 6.07) is 0. The third kappa shape index (κ3) is 3.25. The lowest BCUT2D eigenvalue weighted by molar-refractivity contribution is -0.117. The summed E-state index contributed by atoms with van der Waals surface area (Å²) < 4.78 is 5.32. The summed E-state index contributed by atoms with van der Waals surface area (Å²) in [4.78, 5) is 12.4. The van der Waals surface area contributed by atoms with Crippen molar-refractivity contribution >= 4 is 17.7 Å². The van der Waals surface area contributed by atoms with E-state index in [1.54, 1.807) is 11.8 Å². The SMILES string of the molecule is CC1=C(C(=O)NCC(C)C)SCCO1. The first kappa shape index (κ1) is 11.4. The third-order valence-corrected chi connectivity index (χ3v) is 2.98. The molecule has 1 amide bonds. The minimum Gasteiger partial charge on any atom is -0.496 e. The van der Waals surface area contributed by atoms with E-state index in [4.69, 9.17) is 4.74 Å². The number of thioether (sulfide) groups is 1. The molecule has 4 heteroatoms. The molecule has 1 rings (SSSR count). The summed E-state index contributed by atoms with van der Waals surface area (Å²) in [6.45, 7) is 7.42. The molecule has 0 saturated carbocycles. The smallest absolute Gasteiger partial charge is 0.261 e. The number of nitrogens with one attached hydrogen (secondary N) is 1. The number of amides is 1. The molecule has 0 saturated heterocycles. The molecule has 0 spiro atoms. The van der Waals surface area contributed by atoms with Crippen LogP contribution in [0.15, 0.2) is 10.7 Å². The van der Waals surface area contributed by atoms with Gasteiger partial charge in [0.15, 0.2) is 0 Å². The van der Waals surface area contributed by atoms with Crippen LogP contribution >= 0.6 is 11.8 Å². The standard InChI is InChI=1S/C10H17NO2S/c1-7(2)6-11-10(12)9-8(3)13-4-5-14-9/h7H,4-6H2,1-3H3,(H,11,12). The Hall–Kier alpha value is -0.640. The Morgan fingerprint density at radius 3 is 2.93 bits per heavy atom. The Labute approximate surface area is 89.3 Å². The molecule has 0 fully saturated rings. The Morgan fingerprint density at radius 2 is 2.36 bits per heavy atom. The highest BCUT2D eigenvalue weighted by atomic mass is 32.2. The van der Waals surface area contributed by atoms with Crippen molar-refractivity contribution in [1.29, 1.82) is 0 Å². The van der Waals surface area contributed by atoms with E-state index in [9.17, 15) is 4.79 Å². The maximum absolute atomic E-state index is 11.6. The average molecular weight is 215 g/mol. The molecule has 0 bridgehead atoms. The second-order valence-electron chi connectivity index (χ2n) is 3.69. The largest absolute Gasteiger partial charge is 0.496 e. The van der Waals surface area contributed by atoms with Crippen molar-refractivity contribution in [1.82, 2.24) is 5.32 Å². The molecule has 0 aromatic carbocycles. The van der Waals surface area contributed by atoms with Gasteiger partial charge in [-0.15, -0.1) is 11.8 Å². The van der Waals surface area contributed by atoms with Crippen LogP contribution in [0.4, 0.5) is 0 Å². The Morgan fingerprint density at radius 1 is 1.64 bits per heavy atom. The fourth-order valence-corrected chi connectivity index (χ4v) is 1.94. The van der Waals surface area contributed by atoms with Gasteiger partial charge >= 0.3 is 0 Å². The highest BCUT2D eigenvalue weighted by molar-refractivity contribution is 8.04. The van der Waals surface area contributed by atoms with Gasteiger partial charge in [0.2, 0.25) is 0 Å². The summed E-state index contributed by atoms with van der Waals surface area (Å²) in [6.07, 6.45) is 0. The number of carbonyl (C=O) groups excluding carboxylic acids is 1. The molecule has 1 aliphatic rings. The number of allylic oxidation sites excluding steroid dienone is 1. The first-order chi connectivity index (χ1) is 6.61. The van der Waals surface area contributed by atoms with E-state index in [1.807, 2.05) is 6.92 Å². The van der Waals surface area contributed by atoms with E-state index in [1.165, 1.54) is 0 Å². The molecule has 1 aliphatic heterocycles. The van der Waals surface area contributed by atoms with Crippen molar-refractivity contribution in [2.24, 2.45) is 5.92 Å². The normalized spacial score (nSPS) is 16.9. The first-order valence-corrected chi connectivity index (χ1v) is 5.84. The Bertz CT molecular complexity index is 249. The summed E-state index contributed by atoms with van der Waals surface area (Å²) >= 11 is 1.57. The Balaban J connectivity index is 2.50. The molecule has 0 aromatic rings. The molecule has 0 atom stereocenters. The highest BCUT2D eigenvalue weighted by Gasteiger charge is 2.18. The van der Waals surface area contributed by atoms with E-state index in [0.29, 0.717) is 12.5 Å². The van der Waals surface area contributed by atoms with Gasteiger partial charge in [0.1, 0.15) is 10.7 Å². The van der Waals surface area contributed by atoms with Crippen LogP contribution in [0.3, 0.4) is 0 Å². The van der Waals surface area contributed by atoms with Gasteiger partial charge in [-0.3, -0.25) is 4.79 Å². The maximum Gasteiger partial charge on any atom is 0.261 e. The van der Waals surface area contributed by atoms with Gasteiger partial charge in [-0.1, -0.05) is 13.8 Å². The number of hydrogen-bond acceptors (Lipinski definition) is 3. The quantitative estimate of drug-likeness (QED) is 0.779. The summed E-state index contributed by atoms with van der Waals surface area (Å²) in [5, 5.41) is 2.88. The van der Waals surface area contributed by atoms with E-state index in [2.05, 4.69) is 19.2 Å². The van der Waals surface area contributed by atoms with Crippen LogP contribution < -0.4 is 5.32 Å². The zero-order valence-electron chi connectivity index (χ0n) is 8.92. The van der Waals surface area contributed by atoms with Crippen LogP contribution in [-0.2, 0) is 9.53 Å². The van der Waals surface area contributed by atoms with Crippen molar-refractivity contribution in [3.63, 3.8) is 0 Å². The van der Waals surface area contributed by atoms with Crippen molar-refractivity contribution in [2.75, 3.05) is 18.9 Å². The molecule has 0 unspecified atom stereocenters. The molecule has 1 N–H and O–H groups in total. The van der Waals surface area contributed by atoms with Gasteiger partial charge in [0.25, 0.3) is 5.91 Å². The second-order valence-corrected chi connectivity index (χ2v) is 4.79. The van der Waals surface area contributed by atoms with E-state index < -0.39 is 0 Å². The second kappa shape index (κ2) is 5.29. The van der Waals surface area contributed by atoms with Crippen molar-refractivity contribution < 1.29 is 9.53 Å². The lowest BCUT2D eigenvalue weighted by Gasteiger charge is -2.18. The van der Waals surface area contributed by atoms with Gasteiger partial charge in [-0.05, 0) is 12.8 Å². The summed E-state index contributed by atoms with van der Waals surface area (Å²) in [5.41, 5.74) is 0. The number of carbonyl (C=O) groups is 1. The minimum absolute atomic E-state index is 0.000833. The number of hydrogen-bond donors (Lipinski definition) is 1. The third-order valence-electron chi connectivity index (χ3n) is 1.85. The predicted octanol–water partition coefficient (Wildman–Crippen LogP) is 1.75. The maximum atomic E-state index is 11.6. The van der Waals surface area contributed by atoms with Crippen LogP contribution in [0, 0.1) is 5.92 Å². The van der Waals surface area contributed by atoms with Crippen LogP contribution in [0.1, 0.15) is 20.8 Å². The van der Waals surface area contributed by atoms with Crippen molar-refractivity contribution in [3.8, 4) is 0 Å². The molecule has 14 heavy (non-hydrogen) atoms. The van der Waals surface area contributed by atoms with Gasteiger partial charge in [0, 0.05) is 12.3 Å². The van der Waals surface area contributed by atoms with Gasteiger partial charge in [-0.25, -0.2) is 0 Å². The lowest BCUT2D eigenvalue weighted by atomic mass is 10.2. The fraction of sp³-hybridized carbons (Fsp3) is 0.700. The monoisotopic (exact) mass is 215 g/mol. The van der Waals surface area contributed by atoms with Crippen molar-refractivity contribution in [3.05, 3.63) is 10.7 Å². The van der Waals surface area contributed by atoms with Gasteiger partial charge < -0.3 is 10.1 Å².